The van der Waals surface area contributed by atoms with E-state index in [0.717, 1.165) is 0 Å². The summed E-state index contributed by atoms with van der Waals surface area (Å²) in [7, 11) is 0. The number of nitrogens with two attached hydrogens (primary N) is 2. The van der Waals surface area contributed by atoms with Crippen LogP contribution in [0.25, 0.3) is 0 Å². The third kappa shape index (κ3) is 1.93. The highest BCUT2D eigenvalue weighted by atomic mass is 16.1. The van der Waals surface area contributed by atoms with E-state index in [1.54, 1.807) is 18.3 Å². The molecule has 0 aromatic carbocycles. The third-order valence-corrected chi connectivity index (χ3v) is 1.30. The number of hydrogen-bond acceptors (Lipinski definition) is 4. The molecule has 0 saturated carbocycles. The lowest BCUT2D eigenvalue weighted by Gasteiger charge is -2.04. The number of pyridine rings is 1. The molecule has 5 nitrogen and oxygen atoms in total. The van der Waals surface area contributed by atoms with Crippen molar-refractivity contribution in [2.24, 2.45) is 5.73 Å². The SMILES string of the molecule is NCC(=O)Nc1cccnc1N. The Kier molecular flexibility index (Phi) is 2.60. The van der Waals surface area contributed by atoms with E-state index in [9.17, 15) is 4.79 Å². The monoisotopic (exact) mass is 166 g/mol. The molecule has 5 N–H and O–H groups in total. The second-order valence-corrected chi connectivity index (χ2v) is 2.19. The summed E-state index contributed by atoms with van der Waals surface area (Å²) in [5, 5.41) is 2.51. The summed E-state index contributed by atoms with van der Waals surface area (Å²) in [6, 6.07) is 3.35. The fourth-order valence-electron chi connectivity index (χ4n) is 0.724. The zero-order chi connectivity index (χ0) is 8.97. The molecule has 12 heavy (non-hydrogen) atoms. The summed E-state index contributed by atoms with van der Waals surface area (Å²) in [4.78, 5) is 14.6. The molecule has 0 atom stereocenters. The highest BCUT2D eigenvalue weighted by molar-refractivity contribution is 5.94. The first-order valence-electron chi connectivity index (χ1n) is 3.44. The molecule has 1 rings (SSSR count). The molecule has 0 spiro atoms. The maximum absolute atomic E-state index is 10.8. The molecule has 1 aromatic heterocycles. The Balaban J connectivity index is 2.75. The fraction of sp³-hybridized carbons (Fsp3) is 0.143. The van der Waals surface area contributed by atoms with Crippen molar-refractivity contribution in [3.8, 4) is 0 Å². The van der Waals surface area contributed by atoms with Crippen LogP contribution in [0.1, 0.15) is 0 Å². The zero-order valence-corrected chi connectivity index (χ0v) is 6.45. The lowest BCUT2D eigenvalue weighted by Crippen LogP contribution is -2.22. The molecule has 0 aliphatic carbocycles. The molecule has 1 aromatic rings. The zero-order valence-electron chi connectivity index (χ0n) is 6.45. The van der Waals surface area contributed by atoms with E-state index in [2.05, 4.69) is 10.3 Å². The first kappa shape index (κ1) is 8.48. The first-order valence-corrected chi connectivity index (χ1v) is 3.44. The van der Waals surface area contributed by atoms with Crippen molar-refractivity contribution in [2.75, 3.05) is 17.6 Å². The van der Waals surface area contributed by atoms with Crippen LogP contribution in [0.3, 0.4) is 0 Å². The summed E-state index contributed by atoms with van der Waals surface area (Å²) in [6.07, 6.45) is 1.55. The molecule has 1 heterocycles. The lowest BCUT2D eigenvalue weighted by atomic mass is 10.4. The molecule has 0 unspecified atom stereocenters. The van der Waals surface area contributed by atoms with Crippen molar-refractivity contribution in [3.05, 3.63) is 18.3 Å². The Morgan fingerprint density at radius 2 is 2.42 bits per heavy atom. The normalized spacial score (nSPS) is 9.42. The van der Waals surface area contributed by atoms with Gasteiger partial charge in [0, 0.05) is 6.20 Å². The summed E-state index contributed by atoms with van der Waals surface area (Å²) in [5.74, 6) is 0.00833. The highest BCUT2D eigenvalue weighted by Gasteiger charge is 2.01. The molecule has 0 fully saturated rings. The molecule has 0 aliphatic rings. The van der Waals surface area contributed by atoms with Crippen molar-refractivity contribution < 1.29 is 4.79 Å². The molecule has 0 aliphatic heterocycles. The van der Waals surface area contributed by atoms with Crippen LogP contribution < -0.4 is 16.8 Å². The maximum Gasteiger partial charge on any atom is 0.238 e. The van der Waals surface area contributed by atoms with Gasteiger partial charge in [-0.1, -0.05) is 0 Å². The van der Waals surface area contributed by atoms with E-state index in [1.807, 2.05) is 0 Å². The predicted octanol–water partition coefficient (Wildman–Crippen LogP) is -0.439. The van der Waals surface area contributed by atoms with E-state index < -0.39 is 0 Å². The van der Waals surface area contributed by atoms with Gasteiger partial charge in [-0.25, -0.2) is 4.98 Å². The number of nitrogens with one attached hydrogen (secondary N) is 1. The highest BCUT2D eigenvalue weighted by Crippen LogP contribution is 2.12. The molecule has 0 radical (unpaired) electrons. The van der Waals surface area contributed by atoms with Crippen LogP contribution >= 0.6 is 0 Å². The van der Waals surface area contributed by atoms with Gasteiger partial charge < -0.3 is 16.8 Å². The Hall–Kier alpha value is -1.62. The number of aromatic nitrogens is 1. The van der Waals surface area contributed by atoms with Crippen LogP contribution in [-0.2, 0) is 4.79 Å². The number of nitrogens with zero attached hydrogens (tertiary/aromatic N) is 1. The number of rotatable bonds is 2. The molecule has 64 valence electrons. The van der Waals surface area contributed by atoms with Crippen LogP contribution in [0.2, 0.25) is 0 Å². The lowest BCUT2D eigenvalue weighted by molar-refractivity contribution is -0.114. The summed E-state index contributed by atoms with van der Waals surface area (Å²) in [5.41, 5.74) is 11.0. The van der Waals surface area contributed by atoms with E-state index in [0.29, 0.717) is 11.5 Å². The molecule has 0 bridgehead atoms. The van der Waals surface area contributed by atoms with Crippen molar-refractivity contribution >= 4 is 17.4 Å². The van der Waals surface area contributed by atoms with Crippen molar-refractivity contribution in [1.82, 2.24) is 4.98 Å². The van der Waals surface area contributed by atoms with Crippen LogP contribution in [0.5, 0.6) is 0 Å². The molecule has 0 saturated heterocycles. The minimum atomic E-state index is -0.283. The fourth-order valence-corrected chi connectivity index (χ4v) is 0.724. The van der Waals surface area contributed by atoms with Crippen LogP contribution in [-0.4, -0.2) is 17.4 Å². The number of hydrogen-bond donors (Lipinski definition) is 3. The van der Waals surface area contributed by atoms with Gasteiger partial charge in [-0.15, -0.1) is 0 Å². The average molecular weight is 166 g/mol. The van der Waals surface area contributed by atoms with Gasteiger partial charge in [0.25, 0.3) is 0 Å². The Morgan fingerprint density at radius 3 is 3.00 bits per heavy atom. The van der Waals surface area contributed by atoms with E-state index in [1.165, 1.54) is 0 Å². The van der Waals surface area contributed by atoms with Crippen molar-refractivity contribution in [3.63, 3.8) is 0 Å². The first-order chi connectivity index (χ1) is 5.74. The van der Waals surface area contributed by atoms with Crippen molar-refractivity contribution in [1.29, 1.82) is 0 Å². The third-order valence-electron chi connectivity index (χ3n) is 1.30. The average Bonchev–Trinajstić information content (AvgIpc) is 2.09. The Bertz CT molecular complexity index is 286. The standard InChI is InChI=1S/C7H10N4O/c8-4-6(12)11-5-2-1-3-10-7(5)9/h1-3H,4,8H2,(H2,9,10)(H,11,12). The number of anilines is 2. The molecular formula is C7H10N4O. The second-order valence-electron chi connectivity index (χ2n) is 2.19. The quantitative estimate of drug-likeness (QED) is 0.555. The Morgan fingerprint density at radius 1 is 1.67 bits per heavy atom. The number of nitrogen functional groups attached to an aromatic ring is 1. The van der Waals surface area contributed by atoms with Gasteiger partial charge in [-0.3, -0.25) is 4.79 Å². The number of carbonyl (C=O) groups excluding carboxylic acids is 1. The van der Waals surface area contributed by atoms with Gasteiger partial charge in [0.1, 0.15) is 5.82 Å². The van der Waals surface area contributed by atoms with Crippen LogP contribution in [0.15, 0.2) is 18.3 Å². The maximum atomic E-state index is 10.8. The van der Waals surface area contributed by atoms with Gasteiger partial charge in [0.15, 0.2) is 0 Å². The van der Waals surface area contributed by atoms with Gasteiger partial charge in [0.2, 0.25) is 5.91 Å². The van der Waals surface area contributed by atoms with Gasteiger partial charge >= 0.3 is 0 Å². The number of carbonyl (C=O) groups is 1. The molecular weight excluding hydrogens is 156 g/mol. The molecule has 5 heteroatoms. The second kappa shape index (κ2) is 3.68. The minimum Gasteiger partial charge on any atom is -0.382 e. The largest absolute Gasteiger partial charge is 0.382 e. The van der Waals surface area contributed by atoms with E-state index in [-0.39, 0.29) is 12.5 Å². The van der Waals surface area contributed by atoms with Crippen LogP contribution in [0, 0.1) is 0 Å². The van der Waals surface area contributed by atoms with Gasteiger partial charge in [0.05, 0.1) is 12.2 Å². The van der Waals surface area contributed by atoms with E-state index >= 15 is 0 Å². The Labute approximate surface area is 69.8 Å². The summed E-state index contributed by atoms with van der Waals surface area (Å²) < 4.78 is 0. The topological polar surface area (TPSA) is 94.0 Å². The minimum absolute atomic E-state index is 0.0612. The van der Waals surface area contributed by atoms with E-state index in [4.69, 9.17) is 11.5 Å². The summed E-state index contributed by atoms with van der Waals surface area (Å²) in [6.45, 7) is -0.0612. The van der Waals surface area contributed by atoms with Crippen molar-refractivity contribution in [2.45, 2.75) is 0 Å². The smallest absolute Gasteiger partial charge is 0.238 e. The van der Waals surface area contributed by atoms with Gasteiger partial charge in [-0.05, 0) is 12.1 Å². The van der Waals surface area contributed by atoms with Gasteiger partial charge in [-0.2, -0.15) is 0 Å². The summed E-state index contributed by atoms with van der Waals surface area (Å²) >= 11 is 0. The predicted molar refractivity (Wildman–Crippen MR) is 46.3 cm³/mol. The van der Waals surface area contributed by atoms with Crippen LogP contribution in [0.4, 0.5) is 11.5 Å². The molecule has 1 amide bonds. The number of amides is 1.